The van der Waals surface area contributed by atoms with Crippen LogP contribution in [0, 0.1) is 33.6 Å². The summed E-state index contributed by atoms with van der Waals surface area (Å²) in [6.45, 7) is 13.9. The van der Waals surface area contributed by atoms with Crippen LogP contribution in [0.25, 0.3) is 21.8 Å². The van der Waals surface area contributed by atoms with Crippen LogP contribution in [0.1, 0.15) is 109 Å². The zero-order valence-electron chi connectivity index (χ0n) is 41.2. The summed E-state index contributed by atoms with van der Waals surface area (Å²) < 4.78 is 12.0. The predicted molar refractivity (Wildman–Crippen MR) is 274 cm³/mol. The number of aliphatic hydroxyl groups is 1. The number of carbonyl (C=O) groups is 3. The lowest BCUT2D eigenvalue weighted by molar-refractivity contribution is -0.142. The maximum atomic E-state index is 14.4. The second kappa shape index (κ2) is 19.9. The first-order valence-electron chi connectivity index (χ1n) is 24.3. The molecule has 3 aliphatic rings. The molecule has 0 spiro atoms. The van der Waals surface area contributed by atoms with Crippen molar-refractivity contribution in [1.82, 2.24) is 54.6 Å². The van der Waals surface area contributed by atoms with E-state index in [4.69, 9.17) is 21.3 Å². The molecule has 7 heterocycles. The Balaban J connectivity index is 0.762. The van der Waals surface area contributed by atoms with Crippen molar-refractivity contribution < 1.29 is 24.2 Å². The van der Waals surface area contributed by atoms with Crippen LogP contribution in [0.4, 0.5) is 0 Å². The number of halogens is 1. The number of amides is 3. The number of carbonyl (C=O) groups excluding carboxylic acids is 3. The third-order valence-corrected chi connectivity index (χ3v) is 15.5. The number of fused-ring (bicyclic) bond motifs is 3. The first-order chi connectivity index (χ1) is 34.6. The normalized spacial score (nSPS) is 20.2. The summed E-state index contributed by atoms with van der Waals surface area (Å²) in [7, 11) is 0. The number of thiophene rings is 1. The maximum Gasteiger partial charge on any atom is 0.248 e. The van der Waals surface area contributed by atoms with E-state index in [1.807, 2.05) is 117 Å². The van der Waals surface area contributed by atoms with Crippen molar-refractivity contribution in [1.29, 1.82) is 0 Å². The van der Waals surface area contributed by atoms with E-state index in [-0.39, 0.29) is 61.2 Å². The fraction of sp³-hybridized carbons (Fsp3) is 0.377. The van der Waals surface area contributed by atoms with Crippen LogP contribution in [0.5, 0.6) is 5.88 Å². The molecule has 7 aromatic rings. The largest absolute Gasteiger partial charge is 0.474 e. The highest BCUT2D eigenvalue weighted by molar-refractivity contribution is 7.15. The summed E-state index contributed by atoms with van der Waals surface area (Å²) in [5, 5.41) is 32.3. The number of aryl methyl sites for hydroxylation is 3. The molecule has 372 valence electrons. The summed E-state index contributed by atoms with van der Waals surface area (Å²) in [4.78, 5) is 58.7. The number of aliphatic hydroxyl groups excluding tert-OH is 1. The number of ether oxygens (including phenoxy) is 1. The average Bonchev–Trinajstić information content (AvgIpc) is 4.19. The molecule has 1 saturated carbocycles. The van der Waals surface area contributed by atoms with Crippen LogP contribution >= 0.6 is 22.9 Å². The van der Waals surface area contributed by atoms with Gasteiger partial charge in [0.05, 0.1) is 30.5 Å². The number of hydrogen-bond donors (Lipinski definition) is 3. The number of hydrogen-bond acceptors (Lipinski definition) is 12. The fourth-order valence-corrected chi connectivity index (χ4v) is 11.3. The number of benzene rings is 2. The van der Waals surface area contributed by atoms with Gasteiger partial charge < -0.3 is 29.9 Å². The first-order valence-corrected chi connectivity index (χ1v) is 25.5. The van der Waals surface area contributed by atoms with Crippen molar-refractivity contribution in [2.24, 2.45) is 10.9 Å². The zero-order chi connectivity index (χ0) is 50.5. The van der Waals surface area contributed by atoms with E-state index >= 15 is 0 Å². The lowest BCUT2D eigenvalue weighted by Crippen LogP contribution is -2.49. The Morgan fingerprint density at radius 2 is 1.67 bits per heavy atom. The van der Waals surface area contributed by atoms with Crippen molar-refractivity contribution in [2.75, 3.05) is 6.54 Å². The molecule has 17 nitrogen and oxygen atoms in total. The summed E-state index contributed by atoms with van der Waals surface area (Å²) >= 11 is 7.95. The van der Waals surface area contributed by atoms with Crippen LogP contribution in [0.3, 0.4) is 0 Å². The molecule has 19 heteroatoms. The SMILES string of the molecule is Cc1sc2c(c1C)C(c1ccc(Cl)cc1)=N[C@@H](CC(=O)N[C@H]1C[C@@H](Oc3cc(-c4cnn(C(C(=O)N5C[C@H](O)C[C@H]5C(=O)N[C@@H](C)c5ccc(-n6ccnc6C)cc5)C(C)C)c4)ccn3)C1)c1nnc(C)n1-2. The monoisotopic (exact) mass is 1010 g/mol. The van der Waals surface area contributed by atoms with Crippen molar-refractivity contribution in [2.45, 2.75) is 117 Å². The Bertz CT molecular complexity index is 3190. The van der Waals surface area contributed by atoms with Crippen LogP contribution in [0.15, 0.2) is 96.6 Å². The van der Waals surface area contributed by atoms with E-state index in [0.717, 1.165) is 61.4 Å². The summed E-state index contributed by atoms with van der Waals surface area (Å²) in [6, 6.07) is 16.6. The third kappa shape index (κ3) is 9.57. The molecule has 2 fully saturated rings. The second-order valence-electron chi connectivity index (χ2n) is 19.4. The molecule has 0 bridgehead atoms. The molecule has 5 atom stereocenters. The molecule has 1 saturated heterocycles. The molecule has 1 aliphatic carbocycles. The van der Waals surface area contributed by atoms with E-state index in [2.05, 4.69) is 49.7 Å². The molecule has 1 unspecified atom stereocenters. The van der Waals surface area contributed by atoms with Gasteiger partial charge in [0.2, 0.25) is 23.6 Å². The molecule has 2 aliphatic heterocycles. The van der Waals surface area contributed by atoms with Crippen molar-refractivity contribution in [3.8, 4) is 27.7 Å². The van der Waals surface area contributed by atoms with Gasteiger partial charge in [-0.3, -0.25) is 28.6 Å². The standard InChI is InChI=1S/C53H57ClN12O5S/c1-28(2)49(52(70)64-27-41(67)23-44(64)51(69)58-30(4)34-10-14-40(15-11-34)63-19-18-55-32(63)6)65-26-37(25-57-65)36-16-17-56-46(20-36)71-42-21-39(22-42)59-45(68)24-43-50-62-61-33(7)66(50)53-47(29(3)31(5)72-53)48(60-43)35-8-12-38(54)13-9-35/h8-20,25-26,28,30,39,41-44,49,67H,21-24,27H2,1-7H3,(H,58,69)(H,59,68)/t30-,39-,41+,42+,43-,44-,49?/m0/s1. The average molecular weight is 1010 g/mol. The van der Waals surface area contributed by atoms with Crippen LogP contribution in [-0.2, 0) is 14.4 Å². The van der Waals surface area contributed by atoms with Crippen molar-refractivity contribution >= 4 is 46.4 Å². The number of pyridine rings is 1. The van der Waals surface area contributed by atoms with E-state index in [0.29, 0.717) is 29.6 Å². The Hall–Kier alpha value is -7.02. The molecule has 10 rings (SSSR count). The number of β-amino-alcohol motifs (C(OH)–C–C–N with tert-alkyl or cyclic N) is 1. The topological polar surface area (TPSA) is 200 Å². The summed E-state index contributed by atoms with van der Waals surface area (Å²) in [5.74, 6) is 1.70. The minimum Gasteiger partial charge on any atom is -0.474 e. The number of imidazole rings is 1. The molecule has 5 aromatic heterocycles. The number of aromatic nitrogens is 8. The van der Waals surface area contributed by atoms with Gasteiger partial charge in [0.1, 0.15) is 40.9 Å². The van der Waals surface area contributed by atoms with Crippen molar-refractivity contribution in [3.05, 3.63) is 141 Å². The summed E-state index contributed by atoms with van der Waals surface area (Å²) in [5.41, 5.74) is 7.25. The minimum absolute atomic E-state index is 0.0408. The number of likely N-dealkylation sites (tertiary alicyclic amines) is 1. The smallest absolute Gasteiger partial charge is 0.248 e. The minimum atomic E-state index is -0.848. The fourth-order valence-electron chi connectivity index (χ4n) is 9.98. The molecule has 72 heavy (non-hydrogen) atoms. The van der Waals surface area contributed by atoms with Gasteiger partial charge in [-0.05, 0) is 87.6 Å². The summed E-state index contributed by atoms with van der Waals surface area (Å²) in [6.07, 6.45) is 9.25. The van der Waals surface area contributed by atoms with E-state index < -0.39 is 24.2 Å². The van der Waals surface area contributed by atoms with Gasteiger partial charge in [-0.15, -0.1) is 21.5 Å². The van der Waals surface area contributed by atoms with Gasteiger partial charge in [0, 0.05) is 95.0 Å². The van der Waals surface area contributed by atoms with Gasteiger partial charge in [0.25, 0.3) is 0 Å². The van der Waals surface area contributed by atoms with Gasteiger partial charge in [0.15, 0.2) is 5.82 Å². The molecular formula is C53H57ClN12O5S. The second-order valence-corrected chi connectivity index (χ2v) is 21.1. The Morgan fingerprint density at radius 1 is 0.903 bits per heavy atom. The Morgan fingerprint density at radius 3 is 2.39 bits per heavy atom. The predicted octanol–water partition coefficient (Wildman–Crippen LogP) is 7.70. The Kier molecular flexibility index (Phi) is 13.4. The van der Waals surface area contributed by atoms with E-state index in [1.54, 1.807) is 34.6 Å². The highest BCUT2D eigenvalue weighted by Crippen LogP contribution is 2.40. The van der Waals surface area contributed by atoms with Crippen LogP contribution in [0.2, 0.25) is 5.02 Å². The van der Waals surface area contributed by atoms with Gasteiger partial charge >= 0.3 is 0 Å². The third-order valence-electron chi connectivity index (χ3n) is 14.0. The zero-order valence-corrected chi connectivity index (χ0v) is 42.7. The van der Waals surface area contributed by atoms with Gasteiger partial charge in [-0.25, -0.2) is 9.97 Å². The number of rotatable bonds is 14. The lowest BCUT2D eigenvalue weighted by Gasteiger charge is -2.35. The first kappa shape index (κ1) is 48.6. The lowest BCUT2D eigenvalue weighted by atomic mass is 9.89. The molecule has 0 radical (unpaired) electrons. The highest BCUT2D eigenvalue weighted by Gasteiger charge is 2.43. The van der Waals surface area contributed by atoms with Gasteiger partial charge in [-0.1, -0.05) is 49.7 Å². The number of nitrogens with zero attached hydrogens (tertiary/aromatic N) is 10. The highest BCUT2D eigenvalue weighted by atomic mass is 35.5. The molecule has 2 aromatic carbocycles. The molecule has 3 amide bonds. The van der Waals surface area contributed by atoms with Crippen LogP contribution in [-0.4, -0.2) is 103 Å². The molecular weight excluding hydrogens is 952 g/mol. The quantitative estimate of drug-likeness (QED) is 0.0970. The number of nitrogens with one attached hydrogen (secondary N) is 2. The van der Waals surface area contributed by atoms with E-state index in [9.17, 15) is 19.5 Å². The van der Waals surface area contributed by atoms with Crippen molar-refractivity contribution in [3.63, 3.8) is 0 Å². The Labute approximate surface area is 426 Å². The molecule has 3 N–H and O–H groups in total. The number of aliphatic imine (C=N–C) groups is 1. The van der Waals surface area contributed by atoms with Gasteiger partial charge in [-0.2, -0.15) is 5.10 Å². The van der Waals surface area contributed by atoms with E-state index in [1.165, 1.54) is 9.78 Å². The van der Waals surface area contributed by atoms with Crippen LogP contribution < -0.4 is 15.4 Å². The maximum absolute atomic E-state index is 14.4.